The molecule has 0 radical (unpaired) electrons. The predicted molar refractivity (Wildman–Crippen MR) is 111 cm³/mol. The van der Waals surface area contributed by atoms with Crippen LogP contribution in [0.3, 0.4) is 0 Å². The number of aliphatic hydroxyl groups excluding tert-OH is 1. The summed E-state index contributed by atoms with van der Waals surface area (Å²) in [6.07, 6.45) is 1.66. The molecule has 9 heteroatoms. The first-order valence-electron chi connectivity index (χ1n) is 9.82. The van der Waals surface area contributed by atoms with Gasteiger partial charge in [-0.1, -0.05) is 6.07 Å². The normalized spacial score (nSPS) is 14.5. The van der Waals surface area contributed by atoms with E-state index >= 15 is 0 Å². The number of furan rings is 2. The Morgan fingerprint density at radius 2 is 1.97 bits per heavy atom. The number of carbonyl (C=O) groups excluding carboxylic acids is 3. The molecule has 160 valence electrons. The van der Waals surface area contributed by atoms with Crippen molar-refractivity contribution in [2.24, 2.45) is 0 Å². The van der Waals surface area contributed by atoms with Gasteiger partial charge in [-0.2, -0.15) is 0 Å². The molecule has 1 aromatic carbocycles. The van der Waals surface area contributed by atoms with E-state index in [0.29, 0.717) is 35.9 Å². The van der Waals surface area contributed by atoms with E-state index in [1.165, 1.54) is 6.26 Å². The molecule has 0 spiro atoms. The largest absolute Gasteiger partial charge is 0.461 e. The minimum Gasteiger partial charge on any atom is -0.461 e. The second kappa shape index (κ2) is 8.88. The highest BCUT2D eigenvalue weighted by molar-refractivity contribution is 6.39. The highest BCUT2D eigenvalue weighted by Gasteiger charge is 2.23. The first kappa shape index (κ1) is 20.4. The number of amides is 3. The molecule has 3 aromatic rings. The summed E-state index contributed by atoms with van der Waals surface area (Å²) >= 11 is 0. The van der Waals surface area contributed by atoms with E-state index in [1.807, 2.05) is 0 Å². The molecule has 1 fully saturated rings. The quantitative estimate of drug-likeness (QED) is 0.523. The van der Waals surface area contributed by atoms with E-state index in [4.69, 9.17) is 8.83 Å². The minimum atomic E-state index is -1.13. The Hall–Kier alpha value is -3.85. The van der Waals surface area contributed by atoms with Gasteiger partial charge in [-0.3, -0.25) is 14.4 Å². The van der Waals surface area contributed by atoms with Crippen molar-refractivity contribution < 1.29 is 28.3 Å². The van der Waals surface area contributed by atoms with Gasteiger partial charge >= 0.3 is 11.8 Å². The van der Waals surface area contributed by atoms with Crippen LogP contribution in [0.25, 0.3) is 11.5 Å². The van der Waals surface area contributed by atoms with Gasteiger partial charge in [0.15, 0.2) is 11.5 Å². The van der Waals surface area contributed by atoms with E-state index < -0.39 is 17.9 Å². The Balaban J connectivity index is 1.31. The van der Waals surface area contributed by atoms with Crippen LogP contribution in [0, 0.1) is 0 Å². The zero-order chi connectivity index (χ0) is 21.8. The third-order valence-corrected chi connectivity index (χ3v) is 4.87. The lowest BCUT2D eigenvalue weighted by molar-refractivity contribution is -0.136. The lowest BCUT2D eigenvalue weighted by Gasteiger charge is -2.16. The molecule has 0 saturated carbocycles. The maximum atomic E-state index is 12.2. The van der Waals surface area contributed by atoms with Gasteiger partial charge in [0.25, 0.3) is 0 Å². The summed E-state index contributed by atoms with van der Waals surface area (Å²) in [6.45, 7) is 0.419. The van der Waals surface area contributed by atoms with Crippen molar-refractivity contribution in [2.45, 2.75) is 18.9 Å². The summed E-state index contributed by atoms with van der Waals surface area (Å²) in [6, 6.07) is 13.4. The Bertz CT molecular complexity index is 1090. The molecule has 1 saturated heterocycles. The Labute approximate surface area is 177 Å². The second-order valence-electron chi connectivity index (χ2n) is 7.06. The summed E-state index contributed by atoms with van der Waals surface area (Å²) in [4.78, 5) is 37.9. The molecule has 0 bridgehead atoms. The highest BCUT2D eigenvalue weighted by atomic mass is 16.4. The predicted octanol–water partition coefficient (Wildman–Crippen LogP) is 2.45. The molecule has 3 amide bonds. The number of anilines is 2. The fourth-order valence-corrected chi connectivity index (χ4v) is 3.31. The fraction of sp³-hybridized carbons (Fsp3) is 0.227. The van der Waals surface area contributed by atoms with E-state index in [1.54, 1.807) is 53.4 Å². The first-order chi connectivity index (χ1) is 15.0. The van der Waals surface area contributed by atoms with E-state index in [0.717, 1.165) is 6.42 Å². The maximum absolute atomic E-state index is 12.2. The summed E-state index contributed by atoms with van der Waals surface area (Å²) in [5.41, 5.74) is 1.06. The minimum absolute atomic E-state index is 0.0309. The fourth-order valence-electron chi connectivity index (χ4n) is 3.31. The highest BCUT2D eigenvalue weighted by Crippen LogP contribution is 2.26. The maximum Gasteiger partial charge on any atom is 0.313 e. The Kier molecular flexibility index (Phi) is 5.85. The van der Waals surface area contributed by atoms with Crippen molar-refractivity contribution in [3.63, 3.8) is 0 Å². The number of hydrogen-bond acceptors (Lipinski definition) is 6. The summed E-state index contributed by atoms with van der Waals surface area (Å²) in [5.74, 6) is -0.565. The molecule has 1 atom stereocenters. The van der Waals surface area contributed by atoms with Crippen LogP contribution in [0.4, 0.5) is 11.4 Å². The van der Waals surface area contributed by atoms with Crippen LogP contribution >= 0.6 is 0 Å². The number of nitrogens with zero attached hydrogens (tertiary/aromatic N) is 1. The Morgan fingerprint density at radius 1 is 1.10 bits per heavy atom. The van der Waals surface area contributed by atoms with Gasteiger partial charge in [0.1, 0.15) is 11.9 Å². The van der Waals surface area contributed by atoms with Crippen molar-refractivity contribution in [2.75, 3.05) is 23.3 Å². The monoisotopic (exact) mass is 423 g/mol. The number of aliphatic hydroxyl groups is 1. The third kappa shape index (κ3) is 4.67. The zero-order valence-electron chi connectivity index (χ0n) is 16.5. The molecule has 1 aliphatic heterocycles. The molecule has 0 aliphatic carbocycles. The second-order valence-corrected chi connectivity index (χ2v) is 7.06. The van der Waals surface area contributed by atoms with Crippen molar-refractivity contribution in [3.05, 3.63) is 60.6 Å². The van der Waals surface area contributed by atoms with Crippen molar-refractivity contribution in [3.8, 4) is 11.5 Å². The smallest absolute Gasteiger partial charge is 0.313 e. The third-order valence-electron chi connectivity index (χ3n) is 4.87. The van der Waals surface area contributed by atoms with Crippen LogP contribution < -0.4 is 15.5 Å². The molecule has 4 rings (SSSR count). The zero-order valence-corrected chi connectivity index (χ0v) is 16.5. The molecular weight excluding hydrogens is 402 g/mol. The molecule has 3 N–H and O–H groups in total. The van der Waals surface area contributed by atoms with Gasteiger partial charge in [0.2, 0.25) is 5.91 Å². The molecule has 1 aliphatic rings. The van der Waals surface area contributed by atoms with E-state index in [-0.39, 0.29) is 18.2 Å². The number of nitrogens with one attached hydrogen (secondary N) is 2. The molecule has 3 heterocycles. The SMILES string of the molecule is O=C(NCC(O)c1ccc(-c2ccco2)o1)C(=O)Nc1cccc(N2CCCC2=O)c1. The van der Waals surface area contributed by atoms with E-state index in [2.05, 4.69) is 10.6 Å². The standard InChI is InChI=1S/C22H21N3O6/c26-16(17-8-9-19(31-17)18-6-3-11-30-18)13-23-21(28)22(29)24-14-4-1-5-15(12-14)25-10-2-7-20(25)27/h1,3-6,8-9,11-12,16,26H,2,7,10,13H2,(H,23,28)(H,24,29). The molecular formula is C22H21N3O6. The van der Waals surface area contributed by atoms with Gasteiger partial charge < -0.3 is 29.5 Å². The van der Waals surface area contributed by atoms with Crippen molar-refractivity contribution in [1.82, 2.24) is 5.32 Å². The van der Waals surface area contributed by atoms with Crippen molar-refractivity contribution in [1.29, 1.82) is 0 Å². The van der Waals surface area contributed by atoms with Gasteiger partial charge in [-0.05, 0) is 48.9 Å². The van der Waals surface area contributed by atoms with Gasteiger partial charge in [0, 0.05) is 24.3 Å². The number of benzene rings is 1. The summed E-state index contributed by atoms with van der Waals surface area (Å²) in [5, 5.41) is 15.1. The van der Waals surface area contributed by atoms with E-state index in [9.17, 15) is 19.5 Å². The van der Waals surface area contributed by atoms with Crippen LogP contribution in [0.5, 0.6) is 0 Å². The lowest BCUT2D eigenvalue weighted by atomic mass is 10.2. The van der Waals surface area contributed by atoms with Crippen LogP contribution in [-0.4, -0.2) is 35.9 Å². The first-order valence-corrected chi connectivity index (χ1v) is 9.82. The van der Waals surface area contributed by atoms with Crippen LogP contribution in [0.2, 0.25) is 0 Å². The number of rotatable bonds is 6. The average molecular weight is 423 g/mol. The Morgan fingerprint density at radius 3 is 2.71 bits per heavy atom. The lowest BCUT2D eigenvalue weighted by Crippen LogP contribution is -2.37. The molecule has 9 nitrogen and oxygen atoms in total. The molecule has 2 aromatic heterocycles. The number of hydrogen-bond donors (Lipinski definition) is 3. The van der Waals surface area contributed by atoms with Gasteiger partial charge in [0.05, 0.1) is 12.8 Å². The average Bonchev–Trinajstić information content (AvgIpc) is 3.52. The summed E-state index contributed by atoms with van der Waals surface area (Å²) < 4.78 is 10.7. The molecule has 1 unspecified atom stereocenters. The van der Waals surface area contributed by atoms with Crippen molar-refractivity contribution >= 4 is 29.1 Å². The van der Waals surface area contributed by atoms with Gasteiger partial charge in [-0.25, -0.2) is 0 Å². The van der Waals surface area contributed by atoms with Gasteiger partial charge in [-0.15, -0.1) is 0 Å². The topological polar surface area (TPSA) is 125 Å². The number of carbonyl (C=O) groups is 3. The van der Waals surface area contributed by atoms with Crippen LogP contribution in [0.15, 0.2) is 63.6 Å². The summed E-state index contributed by atoms with van der Waals surface area (Å²) in [7, 11) is 0. The van der Waals surface area contributed by atoms with Crippen LogP contribution in [-0.2, 0) is 14.4 Å². The van der Waals surface area contributed by atoms with Crippen LogP contribution in [0.1, 0.15) is 24.7 Å². The molecule has 31 heavy (non-hydrogen) atoms.